The molecule has 1 fully saturated rings. The molecule has 0 unspecified atom stereocenters. The second kappa shape index (κ2) is 13.5. The molecule has 0 N–H and O–H groups in total. The number of oxazole rings is 1. The molecular weight excluding hydrogens is 560 g/mol. The van der Waals surface area contributed by atoms with Gasteiger partial charge in [-0.2, -0.15) is 0 Å². The van der Waals surface area contributed by atoms with Crippen molar-refractivity contribution in [3.8, 4) is 22.8 Å². The third kappa shape index (κ3) is 6.87. The number of aromatic nitrogens is 4. The highest BCUT2D eigenvalue weighted by molar-refractivity contribution is 7.98. The van der Waals surface area contributed by atoms with Crippen molar-refractivity contribution < 1.29 is 13.9 Å². The Morgan fingerprint density at radius 1 is 0.953 bits per heavy atom. The van der Waals surface area contributed by atoms with Gasteiger partial charge in [0.15, 0.2) is 16.7 Å². The molecule has 1 amide bonds. The van der Waals surface area contributed by atoms with Gasteiger partial charge in [-0.05, 0) is 29.8 Å². The van der Waals surface area contributed by atoms with E-state index in [1.54, 1.807) is 7.11 Å². The zero-order chi connectivity index (χ0) is 29.4. The lowest BCUT2D eigenvalue weighted by molar-refractivity contribution is 0.0644. The van der Waals surface area contributed by atoms with E-state index < -0.39 is 0 Å². The molecule has 3 aromatic carbocycles. The summed E-state index contributed by atoms with van der Waals surface area (Å²) in [6, 6.07) is 28.0. The van der Waals surface area contributed by atoms with Crippen LogP contribution < -0.4 is 4.74 Å². The normalized spacial score (nSPS) is 13.9. The van der Waals surface area contributed by atoms with Crippen LogP contribution in [-0.2, 0) is 5.75 Å². The highest BCUT2D eigenvalue weighted by Gasteiger charge is 2.24. The Balaban J connectivity index is 1.08. The molecule has 2 aromatic heterocycles. The van der Waals surface area contributed by atoms with E-state index in [1.807, 2.05) is 82.3 Å². The maximum Gasteiger partial charge on any atom is 0.275 e. The predicted octanol–water partition coefficient (Wildman–Crippen LogP) is 5.69. The van der Waals surface area contributed by atoms with E-state index in [9.17, 15) is 4.79 Å². The summed E-state index contributed by atoms with van der Waals surface area (Å²) in [5, 5.41) is 9.67. The van der Waals surface area contributed by atoms with E-state index in [2.05, 4.69) is 44.4 Å². The van der Waals surface area contributed by atoms with Crippen molar-refractivity contribution >= 4 is 23.7 Å². The van der Waals surface area contributed by atoms with Crippen LogP contribution in [0.3, 0.4) is 0 Å². The first kappa shape index (κ1) is 28.4. The van der Waals surface area contributed by atoms with E-state index >= 15 is 0 Å². The fourth-order valence-corrected chi connectivity index (χ4v) is 5.73. The Kier molecular flexibility index (Phi) is 8.96. The number of piperazine rings is 1. The van der Waals surface area contributed by atoms with Gasteiger partial charge in [0.05, 0.1) is 12.9 Å². The Labute approximate surface area is 254 Å². The van der Waals surface area contributed by atoms with Gasteiger partial charge in [-0.3, -0.25) is 14.3 Å². The molecule has 0 atom stereocenters. The molecule has 43 heavy (non-hydrogen) atoms. The number of rotatable bonds is 10. The molecule has 0 spiro atoms. The second-order valence-corrected chi connectivity index (χ2v) is 11.0. The molecule has 1 aliphatic rings. The highest BCUT2D eigenvalue weighted by atomic mass is 32.2. The van der Waals surface area contributed by atoms with Gasteiger partial charge in [-0.1, -0.05) is 84.6 Å². The summed E-state index contributed by atoms with van der Waals surface area (Å²) in [5.41, 5.74) is 3.34. The lowest BCUT2D eigenvalue weighted by atomic mass is 10.2. The first-order valence-electron chi connectivity index (χ1n) is 14.1. The Morgan fingerprint density at radius 3 is 2.49 bits per heavy atom. The standard InChI is InChI=1S/C33H32N6O3S/c1-41-28-16-8-13-26(22-28)31-35-36-33(39(31)27-14-6-3-7-15-27)43-24-30-34-29(23-42-30)32(40)38-20-18-37(19-21-38)17-9-12-25-10-4-2-5-11-25/h2-16,22-23H,17-21,24H2,1H3/b12-9+. The average molecular weight is 593 g/mol. The van der Waals surface area contributed by atoms with Crippen LogP contribution in [0.5, 0.6) is 5.75 Å². The Hall–Kier alpha value is -4.67. The SMILES string of the molecule is COc1cccc(-c2nnc(SCc3nc(C(=O)N4CCN(C/C=C/c5ccccc5)CC4)co3)n2-c2ccccc2)c1. The first-order valence-corrected chi connectivity index (χ1v) is 15.1. The van der Waals surface area contributed by atoms with Crippen LogP contribution in [0.4, 0.5) is 0 Å². The summed E-state index contributed by atoms with van der Waals surface area (Å²) in [7, 11) is 1.64. The Bertz CT molecular complexity index is 1680. The van der Waals surface area contributed by atoms with Crippen LogP contribution in [-0.4, -0.2) is 75.3 Å². The van der Waals surface area contributed by atoms with Crippen LogP contribution in [0.2, 0.25) is 0 Å². The van der Waals surface area contributed by atoms with Crippen LogP contribution in [0.1, 0.15) is 21.9 Å². The second-order valence-electron chi connectivity index (χ2n) is 10.0. The zero-order valence-electron chi connectivity index (χ0n) is 23.9. The van der Waals surface area contributed by atoms with Crippen LogP contribution in [0.25, 0.3) is 23.2 Å². The summed E-state index contributed by atoms with van der Waals surface area (Å²) >= 11 is 1.45. The molecule has 1 saturated heterocycles. The molecule has 0 radical (unpaired) electrons. The summed E-state index contributed by atoms with van der Waals surface area (Å²) in [4.78, 5) is 21.9. The van der Waals surface area contributed by atoms with Crippen molar-refractivity contribution in [2.45, 2.75) is 10.9 Å². The maximum atomic E-state index is 13.2. The number of thioether (sulfide) groups is 1. The number of hydrogen-bond acceptors (Lipinski definition) is 8. The van der Waals surface area contributed by atoms with Gasteiger partial charge < -0.3 is 14.1 Å². The minimum absolute atomic E-state index is 0.104. The molecule has 218 valence electrons. The van der Waals surface area contributed by atoms with E-state index in [0.29, 0.717) is 41.4 Å². The number of carbonyl (C=O) groups is 1. The monoisotopic (exact) mass is 592 g/mol. The number of ether oxygens (including phenoxy) is 1. The Morgan fingerprint density at radius 2 is 1.72 bits per heavy atom. The smallest absolute Gasteiger partial charge is 0.275 e. The summed E-state index contributed by atoms with van der Waals surface area (Å²) in [6.07, 6.45) is 5.76. The number of methoxy groups -OCH3 is 1. The van der Waals surface area contributed by atoms with Crippen LogP contribution in [0, 0.1) is 0 Å². The molecule has 9 nitrogen and oxygen atoms in total. The number of para-hydroxylation sites is 1. The predicted molar refractivity (Wildman–Crippen MR) is 167 cm³/mol. The summed E-state index contributed by atoms with van der Waals surface area (Å²) < 4.78 is 13.1. The van der Waals surface area contributed by atoms with Crippen molar-refractivity contribution in [3.05, 3.63) is 114 Å². The van der Waals surface area contributed by atoms with E-state index in [-0.39, 0.29) is 5.91 Å². The molecule has 3 heterocycles. The zero-order valence-corrected chi connectivity index (χ0v) is 24.7. The van der Waals surface area contributed by atoms with Crippen molar-refractivity contribution in [2.24, 2.45) is 0 Å². The topological polar surface area (TPSA) is 89.5 Å². The van der Waals surface area contributed by atoms with Crippen molar-refractivity contribution in [1.82, 2.24) is 29.5 Å². The lowest BCUT2D eigenvalue weighted by Crippen LogP contribution is -2.48. The van der Waals surface area contributed by atoms with Crippen molar-refractivity contribution in [3.63, 3.8) is 0 Å². The lowest BCUT2D eigenvalue weighted by Gasteiger charge is -2.33. The summed E-state index contributed by atoms with van der Waals surface area (Å²) in [5.74, 6) is 2.20. The van der Waals surface area contributed by atoms with Crippen molar-refractivity contribution in [1.29, 1.82) is 0 Å². The third-order valence-corrected chi connectivity index (χ3v) is 8.12. The quantitative estimate of drug-likeness (QED) is 0.191. The molecule has 0 saturated carbocycles. The maximum absolute atomic E-state index is 13.2. The molecule has 10 heteroatoms. The van der Waals surface area contributed by atoms with Crippen LogP contribution in [0.15, 0.2) is 107 Å². The first-order chi connectivity index (χ1) is 21.2. The molecule has 0 aliphatic carbocycles. The van der Waals surface area contributed by atoms with Crippen molar-refractivity contribution in [2.75, 3.05) is 39.8 Å². The fourth-order valence-electron chi connectivity index (χ4n) is 4.92. The number of carbonyl (C=O) groups excluding carboxylic acids is 1. The van der Waals surface area contributed by atoms with Gasteiger partial charge >= 0.3 is 0 Å². The minimum Gasteiger partial charge on any atom is -0.497 e. The number of benzene rings is 3. The van der Waals surface area contributed by atoms with Gasteiger partial charge in [-0.15, -0.1) is 10.2 Å². The van der Waals surface area contributed by atoms with Gasteiger partial charge in [0.2, 0.25) is 5.89 Å². The van der Waals surface area contributed by atoms with Gasteiger partial charge in [0.1, 0.15) is 12.0 Å². The molecular formula is C33H32N6O3S. The van der Waals surface area contributed by atoms with E-state index in [1.165, 1.54) is 23.6 Å². The van der Waals surface area contributed by atoms with E-state index in [4.69, 9.17) is 9.15 Å². The molecule has 1 aliphatic heterocycles. The minimum atomic E-state index is -0.104. The fraction of sp³-hybridized carbons (Fsp3) is 0.212. The molecule has 6 rings (SSSR count). The largest absolute Gasteiger partial charge is 0.497 e. The number of amides is 1. The van der Waals surface area contributed by atoms with E-state index in [0.717, 1.165) is 36.6 Å². The van der Waals surface area contributed by atoms with Gasteiger partial charge in [0.25, 0.3) is 5.91 Å². The molecule has 5 aromatic rings. The summed E-state index contributed by atoms with van der Waals surface area (Å²) in [6.45, 7) is 3.80. The van der Waals surface area contributed by atoms with Crippen LogP contribution >= 0.6 is 11.8 Å². The molecule has 0 bridgehead atoms. The highest BCUT2D eigenvalue weighted by Crippen LogP contribution is 2.31. The van der Waals surface area contributed by atoms with Gasteiger partial charge in [-0.25, -0.2) is 4.98 Å². The number of hydrogen-bond donors (Lipinski definition) is 0. The van der Waals surface area contributed by atoms with Gasteiger partial charge in [0, 0.05) is 44.0 Å². The number of nitrogens with zero attached hydrogens (tertiary/aromatic N) is 6. The third-order valence-electron chi connectivity index (χ3n) is 7.20. The average Bonchev–Trinajstić information content (AvgIpc) is 3.72.